The summed E-state index contributed by atoms with van der Waals surface area (Å²) in [6.45, 7) is 7.78. The van der Waals surface area contributed by atoms with E-state index >= 15 is 0 Å². The summed E-state index contributed by atoms with van der Waals surface area (Å²) < 4.78 is 5.49. The molecule has 0 saturated carbocycles. The van der Waals surface area contributed by atoms with Crippen molar-refractivity contribution in [2.24, 2.45) is 0 Å². The number of unbranched alkanes of at least 4 members (excludes halogenated alkanes) is 4. The van der Waals surface area contributed by atoms with E-state index in [1.807, 2.05) is 48.7 Å². The molecule has 3 aromatic carbocycles. The fourth-order valence-electron chi connectivity index (χ4n) is 5.00. The van der Waals surface area contributed by atoms with Gasteiger partial charge in [-0.15, -0.1) is 0 Å². The fourth-order valence-corrected chi connectivity index (χ4v) is 5.47. The maximum absolute atomic E-state index is 14.4. The molecule has 0 fully saturated rings. The highest BCUT2D eigenvalue weighted by molar-refractivity contribution is 7.98. The van der Waals surface area contributed by atoms with Crippen LogP contribution in [0.2, 0.25) is 0 Å². The van der Waals surface area contributed by atoms with E-state index in [4.69, 9.17) is 4.74 Å². The number of anilines is 1. The Hall–Kier alpha value is -3.72. The molecule has 3 aromatic rings. The van der Waals surface area contributed by atoms with E-state index < -0.39 is 23.8 Å². The quantitative estimate of drug-likeness (QED) is 0.150. The number of thioether (sulfide) groups is 1. The van der Waals surface area contributed by atoms with Gasteiger partial charge in [0.15, 0.2) is 0 Å². The molecule has 0 radical (unpaired) electrons. The summed E-state index contributed by atoms with van der Waals surface area (Å²) in [5.41, 5.74) is 0.437. The second kappa shape index (κ2) is 16.9. The molecule has 9 heteroatoms. The third kappa shape index (κ3) is 10.8. The van der Waals surface area contributed by atoms with E-state index in [-0.39, 0.29) is 17.6 Å². The molecular weight excluding hydrogens is 574 g/mol. The lowest BCUT2D eigenvalue weighted by molar-refractivity contribution is -0.141. The number of nitrogens with zero attached hydrogens (tertiary/aromatic N) is 1. The highest BCUT2D eigenvalue weighted by Crippen LogP contribution is 2.28. The minimum atomic E-state index is -1.00. The van der Waals surface area contributed by atoms with Gasteiger partial charge in [0, 0.05) is 12.2 Å². The van der Waals surface area contributed by atoms with Gasteiger partial charge in [0.2, 0.25) is 5.91 Å². The van der Waals surface area contributed by atoms with Gasteiger partial charge in [0.25, 0.3) is 5.91 Å². The lowest BCUT2D eigenvalue weighted by Gasteiger charge is -2.34. The lowest BCUT2D eigenvalue weighted by Crippen LogP contribution is -2.52. The van der Waals surface area contributed by atoms with E-state index in [0.717, 1.165) is 36.5 Å². The van der Waals surface area contributed by atoms with Crippen molar-refractivity contribution in [3.63, 3.8) is 0 Å². The van der Waals surface area contributed by atoms with Gasteiger partial charge in [-0.3, -0.25) is 9.59 Å². The molecule has 2 unspecified atom stereocenters. The molecule has 0 saturated heterocycles. The minimum absolute atomic E-state index is 0.0596. The summed E-state index contributed by atoms with van der Waals surface area (Å²) >= 11 is 1.57. The van der Waals surface area contributed by atoms with Crippen LogP contribution in [0.15, 0.2) is 66.7 Å². The van der Waals surface area contributed by atoms with Crippen LogP contribution in [0, 0.1) is 0 Å². The van der Waals surface area contributed by atoms with E-state index in [1.165, 1.54) is 12.1 Å². The zero-order valence-electron chi connectivity index (χ0n) is 26.6. The third-order valence-electron chi connectivity index (χ3n) is 7.17. The summed E-state index contributed by atoms with van der Waals surface area (Å²) in [6.07, 6.45) is 6.44. The molecule has 44 heavy (non-hydrogen) atoms. The predicted octanol–water partition coefficient (Wildman–Crippen LogP) is 7.67. The first kappa shape index (κ1) is 34.8. The van der Waals surface area contributed by atoms with Crippen molar-refractivity contribution in [2.45, 2.75) is 83.9 Å². The summed E-state index contributed by atoms with van der Waals surface area (Å²) in [5.74, 6) is -0.0470. The smallest absolute Gasteiger partial charge is 0.408 e. The standard InChI is InChI=1S/C35H47N3O5S/c1-6-7-8-9-12-22-38(33(41)30(21-23-44-5)37-34(42)43-35(2,3)4)31(26-16-19-29(39)20-17-26)32(40)36-28-18-15-25-13-10-11-14-27(25)24-28/h10-11,13-20,24,30-31,39H,6-9,12,21-23H2,1-5H3,(H,36,40)(H,37,42). The van der Waals surface area contributed by atoms with Crippen LogP contribution in [0.25, 0.3) is 10.8 Å². The van der Waals surface area contributed by atoms with Crippen molar-refractivity contribution in [2.75, 3.05) is 23.9 Å². The number of phenolic OH excluding ortho intramolecular Hbond substituents is 1. The number of hydrogen-bond donors (Lipinski definition) is 3. The summed E-state index contributed by atoms with van der Waals surface area (Å²) in [7, 11) is 0. The Kier molecular flexibility index (Phi) is 13.4. The maximum Gasteiger partial charge on any atom is 0.408 e. The van der Waals surface area contributed by atoms with Gasteiger partial charge < -0.3 is 25.4 Å². The van der Waals surface area contributed by atoms with Crippen molar-refractivity contribution >= 4 is 46.1 Å². The molecule has 0 spiro atoms. The number of carbonyl (C=O) groups is 3. The minimum Gasteiger partial charge on any atom is -0.508 e. The van der Waals surface area contributed by atoms with Gasteiger partial charge >= 0.3 is 6.09 Å². The number of aromatic hydroxyl groups is 1. The molecule has 0 aliphatic carbocycles. The molecule has 2 atom stereocenters. The Bertz CT molecular complexity index is 1370. The number of phenols is 1. The van der Waals surface area contributed by atoms with Crippen LogP contribution in [0.1, 0.15) is 77.8 Å². The Balaban J connectivity index is 2.00. The van der Waals surface area contributed by atoms with Gasteiger partial charge in [-0.25, -0.2) is 4.79 Å². The molecule has 3 amide bonds. The van der Waals surface area contributed by atoms with E-state index in [0.29, 0.717) is 36.4 Å². The van der Waals surface area contributed by atoms with E-state index in [9.17, 15) is 19.5 Å². The summed E-state index contributed by atoms with van der Waals surface area (Å²) in [4.78, 5) is 43.0. The Labute approximate surface area is 265 Å². The first-order valence-corrected chi connectivity index (χ1v) is 16.8. The number of alkyl carbamates (subject to hydrolysis) is 1. The largest absolute Gasteiger partial charge is 0.508 e. The van der Waals surface area contributed by atoms with Crippen LogP contribution in [0.5, 0.6) is 5.75 Å². The normalized spacial score (nSPS) is 12.8. The van der Waals surface area contributed by atoms with Crippen molar-refractivity contribution in [1.29, 1.82) is 0 Å². The van der Waals surface area contributed by atoms with Crippen LogP contribution < -0.4 is 10.6 Å². The molecule has 0 aromatic heterocycles. The molecule has 8 nitrogen and oxygen atoms in total. The number of rotatable bonds is 15. The van der Waals surface area contributed by atoms with Crippen LogP contribution in [-0.2, 0) is 14.3 Å². The number of nitrogens with one attached hydrogen (secondary N) is 2. The highest BCUT2D eigenvalue weighted by atomic mass is 32.2. The molecule has 3 N–H and O–H groups in total. The van der Waals surface area contributed by atoms with Gasteiger partial charge in [0.1, 0.15) is 23.4 Å². The summed E-state index contributed by atoms with van der Waals surface area (Å²) in [5, 5.41) is 17.9. The molecule has 3 rings (SSSR count). The van der Waals surface area contributed by atoms with Crippen LogP contribution in [0.4, 0.5) is 10.5 Å². The van der Waals surface area contributed by atoms with Crippen LogP contribution in [-0.4, -0.2) is 58.1 Å². The van der Waals surface area contributed by atoms with Crippen molar-refractivity contribution < 1.29 is 24.2 Å². The Morgan fingerprint density at radius 3 is 2.27 bits per heavy atom. The number of ether oxygens (including phenoxy) is 1. The number of carbonyl (C=O) groups excluding carboxylic acids is 3. The average molecular weight is 622 g/mol. The second-order valence-corrected chi connectivity index (χ2v) is 13.0. The monoisotopic (exact) mass is 621 g/mol. The predicted molar refractivity (Wildman–Crippen MR) is 180 cm³/mol. The topological polar surface area (TPSA) is 108 Å². The maximum atomic E-state index is 14.4. The van der Waals surface area contributed by atoms with Gasteiger partial charge in [-0.05, 0) is 86.2 Å². The van der Waals surface area contributed by atoms with Crippen LogP contribution in [0.3, 0.4) is 0 Å². The third-order valence-corrected chi connectivity index (χ3v) is 7.82. The van der Waals surface area contributed by atoms with Crippen molar-refractivity contribution in [3.05, 3.63) is 72.3 Å². The molecule has 238 valence electrons. The Morgan fingerprint density at radius 1 is 0.932 bits per heavy atom. The van der Waals surface area contributed by atoms with Gasteiger partial charge in [-0.1, -0.05) is 75.1 Å². The summed E-state index contributed by atoms with van der Waals surface area (Å²) in [6, 6.07) is 18.0. The van der Waals surface area contributed by atoms with Gasteiger partial charge in [-0.2, -0.15) is 11.8 Å². The van der Waals surface area contributed by atoms with Crippen molar-refractivity contribution in [3.8, 4) is 5.75 Å². The molecule has 0 aliphatic heterocycles. The first-order valence-electron chi connectivity index (χ1n) is 15.4. The number of hydrogen-bond acceptors (Lipinski definition) is 6. The fraction of sp³-hybridized carbons (Fsp3) is 0.457. The molecule has 0 heterocycles. The highest BCUT2D eigenvalue weighted by Gasteiger charge is 2.36. The molecule has 0 bridgehead atoms. The lowest BCUT2D eigenvalue weighted by atomic mass is 10.0. The first-order chi connectivity index (χ1) is 21.0. The molecule has 0 aliphatic rings. The SMILES string of the molecule is CCCCCCCN(C(=O)C(CCSC)NC(=O)OC(C)(C)C)C(C(=O)Nc1ccc2ccccc2c1)c1ccc(O)cc1. The van der Waals surface area contributed by atoms with E-state index in [2.05, 4.69) is 17.6 Å². The average Bonchev–Trinajstić information content (AvgIpc) is 2.98. The van der Waals surface area contributed by atoms with Crippen molar-refractivity contribution in [1.82, 2.24) is 10.2 Å². The zero-order valence-corrected chi connectivity index (χ0v) is 27.4. The van der Waals surface area contributed by atoms with Gasteiger partial charge in [0.05, 0.1) is 0 Å². The van der Waals surface area contributed by atoms with Crippen LogP contribution >= 0.6 is 11.8 Å². The molecular formula is C35H47N3O5S. The second-order valence-electron chi connectivity index (χ2n) is 12.0. The van der Waals surface area contributed by atoms with E-state index in [1.54, 1.807) is 49.6 Å². The number of amides is 3. The number of benzene rings is 3. The Morgan fingerprint density at radius 2 is 1.61 bits per heavy atom. The zero-order chi connectivity index (χ0) is 32.1. The number of fused-ring (bicyclic) bond motifs is 1.